The predicted octanol–water partition coefficient (Wildman–Crippen LogP) is 1.47. The summed E-state index contributed by atoms with van der Waals surface area (Å²) in [5.41, 5.74) is -0.709. The van der Waals surface area contributed by atoms with Crippen LogP contribution < -0.4 is 5.32 Å². The molecule has 0 unspecified atom stereocenters. The number of alkyl carbamates (subject to hydrolysis) is 1. The highest BCUT2D eigenvalue weighted by Crippen LogP contribution is 2.24. The number of carboxylic acid groups (broad SMARTS) is 1. The Morgan fingerprint density at radius 1 is 1.29 bits per heavy atom. The first-order valence-corrected chi connectivity index (χ1v) is 6.66. The molecule has 0 fully saturated rings. The molecule has 0 aromatic carbocycles. The van der Waals surface area contributed by atoms with E-state index in [1.165, 1.54) is 6.92 Å². The van der Waals surface area contributed by atoms with Gasteiger partial charge in [0.15, 0.2) is 0 Å². The van der Waals surface area contributed by atoms with Crippen molar-refractivity contribution in [3.8, 4) is 0 Å². The number of carbonyl (C=O) groups excluding carboxylic acids is 2. The fourth-order valence-corrected chi connectivity index (χ4v) is 2.03. The minimum atomic E-state index is -1.17. The molecule has 0 aromatic rings. The van der Waals surface area contributed by atoms with Crippen molar-refractivity contribution < 1.29 is 29.0 Å². The summed E-state index contributed by atoms with van der Waals surface area (Å²) < 4.78 is 10.0. The molecule has 0 heterocycles. The first-order valence-electron chi connectivity index (χ1n) is 6.66. The third kappa shape index (κ3) is 5.85. The summed E-state index contributed by atoms with van der Waals surface area (Å²) in [6.07, 6.45) is 2.31. The second-order valence-corrected chi connectivity index (χ2v) is 5.89. The second-order valence-electron chi connectivity index (χ2n) is 5.89. The number of aliphatic carboxylic acids is 1. The lowest BCUT2D eigenvalue weighted by molar-refractivity contribution is -0.144. The van der Waals surface area contributed by atoms with E-state index in [1.54, 1.807) is 32.9 Å². The fraction of sp³-hybridized carbons (Fsp3) is 0.643. The number of rotatable bonds is 4. The quantitative estimate of drug-likeness (QED) is 0.602. The molecule has 0 bridgehead atoms. The summed E-state index contributed by atoms with van der Waals surface area (Å²) in [6.45, 7) is 6.35. The molecule has 1 aliphatic carbocycles. The van der Waals surface area contributed by atoms with Gasteiger partial charge in [-0.05, 0) is 33.3 Å². The molecule has 118 valence electrons. The van der Waals surface area contributed by atoms with Gasteiger partial charge < -0.3 is 19.9 Å². The normalized spacial score (nSPS) is 22.5. The topological polar surface area (TPSA) is 102 Å². The van der Waals surface area contributed by atoms with E-state index in [9.17, 15) is 19.5 Å². The van der Waals surface area contributed by atoms with Gasteiger partial charge in [-0.2, -0.15) is 0 Å². The van der Waals surface area contributed by atoms with Gasteiger partial charge in [0, 0.05) is 12.8 Å². The number of esters is 1. The van der Waals surface area contributed by atoms with E-state index < -0.39 is 41.7 Å². The first-order chi connectivity index (χ1) is 9.58. The minimum Gasteiger partial charge on any atom is -0.480 e. The van der Waals surface area contributed by atoms with E-state index in [4.69, 9.17) is 9.47 Å². The van der Waals surface area contributed by atoms with Crippen molar-refractivity contribution in [1.29, 1.82) is 0 Å². The molecule has 1 aliphatic rings. The monoisotopic (exact) mass is 299 g/mol. The van der Waals surface area contributed by atoms with Crippen molar-refractivity contribution in [1.82, 2.24) is 5.32 Å². The maximum atomic E-state index is 11.7. The molecule has 3 atom stereocenters. The average Bonchev–Trinajstić information content (AvgIpc) is 2.70. The number of carbonyl (C=O) groups is 3. The lowest BCUT2D eigenvalue weighted by atomic mass is 9.99. The van der Waals surface area contributed by atoms with Gasteiger partial charge in [-0.25, -0.2) is 9.59 Å². The largest absolute Gasteiger partial charge is 0.480 e. The van der Waals surface area contributed by atoms with Gasteiger partial charge in [-0.3, -0.25) is 4.79 Å². The third-order valence-electron chi connectivity index (χ3n) is 2.76. The first kappa shape index (κ1) is 17.0. The highest BCUT2D eigenvalue weighted by Gasteiger charge is 2.34. The van der Waals surface area contributed by atoms with Crippen molar-refractivity contribution in [2.24, 2.45) is 5.92 Å². The predicted molar refractivity (Wildman–Crippen MR) is 73.6 cm³/mol. The standard InChI is InChI=1S/C14H21NO6/c1-8(16)20-10-6-5-9(7-10)11(12(17)18)15-13(19)21-14(2,3)4/h5-6,9-11H,7H2,1-4H3,(H,15,19)(H,17,18)/t9-,10+,11+/m1/s1. The van der Waals surface area contributed by atoms with Gasteiger partial charge >= 0.3 is 18.0 Å². The highest BCUT2D eigenvalue weighted by atomic mass is 16.6. The van der Waals surface area contributed by atoms with Crippen LogP contribution in [0, 0.1) is 5.92 Å². The van der Waals surface area contributed by atoms with Crippen molar-refractivity contribution in [2.45, 2.75) is 51.9 Å². The minimum absolute atomic E-state index is 0.312. The molecular formula is C14H21NO6. The van der Waals surface area contributed by atoms with Crippen LogP contribution in [0.3, 0.4) is 0 Å². The van der Waals surface area contributed by atoms with E-state index in [-0.39, 0.29) is 0 Å². The highest BCUT2D eigenvalue weighted by molar-refractivity contribution is 5.80. The summed E-state index contributed by atoms with van der Waals surface area (Å²) >= 11 is 0. The van der Waals surface area contributed by atoms with E-state index in [0.29, 0.717) is 6.42 Å². The zero-order chi connectivity index (χ0) is 16.2. The molecule has 0 saturated heterocycles. The molecule has 1 amide bonds. The van der Waals surface area contributed by atoms with Gasteiger partial charge in [-0.15, -0.1) is 0 Å². The third-order valence-corrected chi connectivity index (χ3v) is 2.76. The Bertz CT molecular complexity index is 451. The smallest absolute Gasteiger partial charge is 0.408 e. The Kier molecular flexibility index (Phi) is 5.34. The summed E-state index contributed by atoms with van der Waals surface area (Å²) in [5.74, 6) is -2.06. The molecule has 0 radical (unpaired) electrons. The van der Waals surface area contributed by atoms with Crippen molar-refractivity contribution >= 4 is 18.0 Å². The zero-order valence-corrected chi connectivity index (χ0v) is 12.6. The fourth-order valence-electron chi connectivity index (χ4n) is 2.03. The van der Waals surface area contributed by atoms with Gasteiger partial charge in [0.1, 0.15) is 17.7 Å². The Morgan fingerprint density at radius 2 is 1.90 bits per heavy atom. The maximum Gasteiger partial charge on any atom is 0.408 e. The Balaban J connectivity index is 2.64. The number of ether oxygens (including phenoxy) is 2. The van der Waals surface area contributed by atoms with Crippen LogP contribution in [0.5, 0.6) is 0 Å². The Morgan fingerprint density at radius 3 is 2.38 bits per heavy atom. The molecule has 2 N–H and O–H groups in total. The SMILES string of the molecule is CC(=O)O[C@H]1C=C[C@@H]([C@H](NC(=O)OC(C)(C)C)C(=O)O)C1. The van der Waals surface area contributed by atoms with Crippen LogP contribution in [0.15, 0.2) is 12.2 Å². The Hall–Kier alpha value is -2.05. The number of hydrogen-bond donors (Lipinski definition) is 2. The lowest BCUT2D eigenvalue weighted by Crippen LogP contribution is -2.47. The van der Waals surface area contributed by atoms with Gasteiger partial charge in [0.25, 0.3) is 0 Å². The zero-order valence-electron chi connectivity index (χ0n) is 12.6. The summed E-state index contributed by atoms with van der Waals surface area (Å²) in [7, 11) is 0. The van der Waals surface area contributed by atoms with E-state index >= 15 is 0 Å². The molecular weight excluding hydrogens is 278 g/mol. The molecule has 1 rings (SSSR count). The molecule has 0 aliphatic heterocycles. The van der Waals surface area contributed by atoms with Crippen molar-refractivity contribution in [3.63, 3.8) is 0 Å². The van der Waals surface area contributed by atoms with E-state index in [1.807, 2.05) is 0 Å². The average molecular weight is 299 g/mol. The number of carboxylic acids is 1. The van der Waals surface area contributed by atoms with Gasteiger partial charge in [0.05, 0.1) is 0 Å². The van der Waals surface area contributed by atoms with Crippen LogP contribution in [0.2, 0.25) is 0 Å². The van der Waals surface area contributed by atoms with E-state index in [0.717, 1.165) is 0 Å². The number of amides is 1. The molecule has 0 saturated carbocycles. The van der Waals surface area contributed by atoms with Crippen LogP contribution in [0.25, 0.3) is 0 Å². The summed E-state index contributed by atoms with van der Waals surface area (Å²) in [6, 6.07) is -1.13. The van der Waals surface area contributed by atoms with Crippen LogP contribution >= 0.6 is 0 Å². The van der Waals surface area contributed by atoms with Gasteiger partial charge in [-0.1, -0.05) is 6.08 Å². The number of nitrogens with one attached hydrogen (secondary N) is 1. The lowest BCUT2D eigenvalue weighted by Gasteiger charge is -2.24. The van der Waals surface area contributed by atoms with Crippen molar-refractivity contribution in [3.05, 3.63) is 12.2 Å². The summed E-state index contributed by atoms with van der Waals surface area (Å²) in [5, 5.41) is 11.6. The summed E-state index contributed by atoms with van der Waals surface area (Å²) in [4.78, 5) is 33.9. The van der Waals surface area contributed by atoms with Crippen LogP contribution in [0.4, 0.5) is 4.79 Å². The van der Waals surface area contributed by atoms with Crippen LogP contribution in [-0.2, 0) is 19.1 Å². The molecule has 21 heavy (non-hydrogen) atoms. The van der Waals surface area contributed by atoms with Gasteiger partial charge in [0.2, 0.25) is 0 Å². The molecule has 0 spiro atoms. The number of hydrogen-bond acceptors (Lipinski definition) is 5. The van der Waals surface area contributed by atoms with Crippen molar-refractivity contribution in [2.75, 3.05) is 0 Å². The maximum absolute atomic E-state index is 11.7. The Labute approximate surface area is 123 Å². The van der Waals surface area contributed by atoms with E-state index in [2.05, 4.69) is 5.32 Å². The molecule has 0 aromatic heterocycles. The molecule has 7 heteroatoms. The second kappa shape index (κ2) is 6.60. The van der Waals surface area contributed by atoms with Crippen LogP contribution in [-0.4, -0.2) is 40.9 Å². The van der Waals surface area contributed by atoms with Crippen LogP contribution in [0.1, 0.15) is 34.1 Å². The molecule has 7 nitrogen and oxygen atoms in total.